The minimum Gasteiger partial charge on any atom is -0.355 e. The van der Waals surface area contributed by atoms with Crippen LogP contribution in [0.2, 0.25) is 0 Å². The Kier molecular flexibility index (Phi) is 8.24. The van der Waals surface area contributed by atoms with Crippen molar-refractivity contribution in [3.05, 3.63) is 0 Å². The van der Waals surface area contributed by atoms with E-state index in [0.717, 1.165) is 13.0 Å². The molecule has 0 aliphatic carbocycles. The molecule has 0 aliphatic heterocycles. The Hall–Kier alpha value is -0.220. The van der Waals surface area contributed by atoms with Gasteiger partial charge in [0, 0.05) is 6.54 Å². The van der Waals surface area contributed by atoms with Crippen LogP contribution in [0.15, 0.2) is 0 Å². The Labute approximate surface area is 84.8 Å². The standard InChI is InChI=1S/C9H20N2OS/c1-8(10)9(12)11-6-4-3-5-7-13-2/h8H,3-7,10H2,1-2H3,(H,11,12). The summed E-state index contributed by atoms with van der Waals surface area (Å²) >= 11 is 1.86. The van der Waals surface area contributed by atoms with Crippen LogP contribution in [0.5, 0.6) is 0 Å². The maximum absolute atomic E-state index is 11.0. The molecule has 0 fully saturated rings. The number of carbonyl (C=O) groups is 1. The number of amides is 1. The van der Waals surface area contributed by atoms with Crippen LogP contribution in [-0.2, 0) is 4.79 Å². The molecule has 0 aliphatic rings. The number of unbranched alkanes of at least 4 members (excludes halogenated alkanes) is 2. The van der Waals surface area contributed by atoms with Crippen molar-refractivity contribution in [3.8, 4) is 0 Å². The second-order valence-electron chi connectivity index (χ2n) is 3.13. The summed E-state index contributed by atoms with van der Waals surface area (Å²) in [6, 6.07) is -0.383. The molecule has 0 spiro atoms. The molecule has 0 aromatic rings. The van der Waals surface area contributed by atoms with E-state index < -0.39 is 0 Å². The van der Waals surface area contributed by atoms with Gasteiger partial charge in [-0.1, -0.05) is 6.42 Å². The highest BCUT2D eigenvalue weighted by atomic mass is 32.2. The van der Waals surface area contributed by atoms with Gasteiger partial charge in [0.05, 0.1) is 6.04 Å². The van der Waals surface area contributed by atoms with Crippen LogP contribution in [0, 0.1) is 0 Å². The van der Waals surface area contributed by atoms with Crippen LogP contribution in [0.3, 0.4) is 0 Å². The van der Waals surface area contributed by atoms with Crippen molar-refractivity contribution < 1.29 is 4.79 Å². The predicted octanol–water partition coefficient (Wildman–Crippen LogP) is 0.983. The average molecular weight is 204 g/mol. The maximum atomic E-state index is 11.0. The molecule has 13 heavy (non-hydrogen) atoms. The summed E-state index contributed by atoms with van der Waals surface area (Å²) in [5.41, 5.74) is 5.38. The van der Waals surface area contributed by atoms with Crippen LogP contribution >= 0.6 is 11.8 Å². The Morgan fingerprint density at radius 2 is 2.15 bits per heavy atom. The zero-order valence-corrected chi connectivity index (χ0v) is 9.32. The molecule has 1 unspecified atom stereocenters. The first-order valence-electron chi connectivity index (χ1n) is 4.70. The lowest BCUT2D eigenvalue weighted by Gasteiger charge is -2.06. The second-order valence-corrected chi connectivity index (χ2v) is 4.12. The Balaban J connectivity index is 3.12. The number of thioether (sulfide) groups is 1. The monoisotopic (exact) mass is 204 g/mol. The largest absolute Gasteiger partial charge is 0.355 e. The number of nitrogens with two attached hydrogens (primary N) is 1. The summed E-state index contributed by atoms with van der Waals surface area (Å²) in [5, 5.41) is 2.79. The topological polar surface area (TPSA) is 55.1 Å². The van der Waals surface area contributed by atoms with E-state index in [9.17, 15) is 4.79 Å². The molecule has 1 amide bonds. The fourth-order valence-corrected chi connectivity index (χ4v) is 1.41. The van der Waals surface area contributed by atoms with Gasteiger partial charge in [0.15, 0.2) is 0 Å². The molecular formula is C9H20N2OS. The lowest BCUT2D eigenvalue weighted by atomic mass is 10.2. The molecule has 4 heteroatoms. The lowest BCUT2D eigenvalue weighted by Crippen LogP contribution is -2.38. The maximum Gasteiger partial charge on any atom is 0.236 e. The van der Waals surface area contributed by atoms with Gasteiger partial charge in [0.25, 0.3) is 0 Å². The molecule has 0 radical (unpaired) electrons. The first kappa shape index (κ1) is 12.8. The van der Waals surface area contributed by atoms with Gasteiger partial charge < -0.3 is 11.1 Å². The molecule has 0 saturated heterocycles. The number of carbonyl (C=O) groups excluding carboxylic acids is 1. The molecule has 0 aromatic carbocycles. The molecule has 0 bridgehead atoms. The Morgan fingerprint density at radius 1 is 1.46 bits per heavy atom. The summed E-state index contributed by atoms with van der Waals surface area (Å²) in [7, 11) is 0. The van der Waals surface area contributed by atoms with Crippen molar-refractivity contribution in [3.63, 3.8) is 0 Å². The van der Waals surface area contributed by atoms with E-state index in [1.54, 1.807) is 6.92 Å². The van der Waals surface area contributed by atoms with Crippen molar-refractivity contribution in [1.82, 2.24) is 5.32 Å². The number of hydrogen-bond acceptors (Lipinski definition) is 3. The van der Waals surface area contributed by atoms with E-state index in [1.165, 1.54) is 18.6 Å². The minimum absolute atomic E-state index is 0.0510. The lowest BCUT2D eigenvalue weighted by molar-refractivity contribution is -0.121. The SMILES string of the molecule is CSCCCCCNC(=O)C(C)N. The number of nitrogens with one attached hydrogen (secondary N) is 1. The first-order chi connectivity index (χ1) is 6.18. The van der Waals surface area contributed by atoms with Gasteiger partial charge in [-0.15, -0.1) is 0 Å². The zero-order valence-electron chi connectivity index (χ0n) is 8.51. The van der Waals surface area contributed by atoms with Gasteiger partial charge >= 0.3 is 0 Å². The molecule has 0 aromatic heterocycles. The third-order valence-electron chi connectivity index (χ3n) is 1.74. The summed E-state index contributed by atoms with van der Waals surface area (Å²) in [6.07, 6.45) is 5.58. The molecule has 0 rings (SSSR count). The van der Waals surface area contributed by atoms with E-state index in [1.807, 2.05) is 11.8 Å². The van der Waals surface area contributed by atoms with Crippen molar-refractivity contribution in [1.29, 1.82) is 0 Å². The van der Waals surface area contributed by atoms with E-state index in [-0.39, 0.29) is 11.9 Å². The van der Waals surface area contributed by atoms with E-state index in [0.29, 0.717) is 0 Å². The normalized spacial score (nSPS) is 12.5. The highest BCUT2D eigenvalue weighted by Gasteiger charge is 2.04. The van der Waals surface area contributed by atoms with E-state index in [4.69, 9.17) is 5.73 Å². The van der Waals surface area contributed by atoms with Crippen LogP contribution < -0.4 is 11.1 Å². The fourth-order valence-electron chi connectivity index (χ4n) is 0.921. The average Bonchev–Trinajstić information content (AvgIpc) is 2.10. The highest BCUT2D eigenvalue weighted by molar-refractivity contribution is 7.98. The fraction of sp³-hybridized carbons (Fsp3) is 0.889. The summed E-state index contributed by atoms with van der Waals surface area (Å²) in [4.78, 5) is 11.0. The van der Waals surface area contributed by atoms with Gasteiger partial charge in [0.1, 0.15) is 0 Å². The van der Waals surface area contributed by atoms with Crippen molar-refractivity contribution >= 4 is 17.7 Å². The van der Waals surface area contributed by atoms with Gasteiger partial charge in [-0.3, -0.25) is 4.79 Å². The van der Waals surface area contributed by atoms with Gasteiger partial charge in [-0.25, -0.2) is 0 Å². The third kappa shape index (κ3) is 8.12. The summed E-state index contributed by atoms with van der Waals surface area (Å²) < 4.78 is 0. The van der Waals surface area contributed by atoms with Crippen LogP contribution in [0.25, 0.3) is 0 Å². The zero-order chi connectivity index (χ0) is 10.1. The second kappa shape index (κ2) is 8.38. The smallest absolute Gasteiger partial charge is 0.236 e. The summed E-state index contributed by atoms with van der Waals surface area (Å²) in [6.45, 7) is 2.46. The predicted molar refractivity (Wildman–Crippen MR) is 58.9 cm³/mol. The van der Waals surface area contributed by atoms with E-state index in [2.05, 4.69) is 11.6 Å². The Bertz CT molecular complexity index is 140. The molecule has 0 saturated carbocycles. The van der Waals surface area contributed by atoms with Gasteiger partial charge in [-0.2, -0.15) is 11.8 Å². The molecule has 0 heterocycles. The molecule has 3 nitrogen and oxygen atoms in total. The van der Waals surface area contributed by atoms with Crippen molar-refractivity contribution in [2.45, 2.75) is 32.2 Å². The van der Waals surface area contributed by atoms with Crippen molar-refractivity contribution in [2.75, 3.05) is 18.6 Å². The molecule has 3 N–H and O–H groups in total. The summed E-state index contributed by atoms with van der Waals surface area (Å²) in [5.74, 6) is 1.16. The van der Waals surface area contributed by atoms with Gasteiger partial charge in [-0.05, 0) is 31.8 Å². The van der Waals surface area contributed by atoms with E-state index >= 15 is 0 Å². The third-order valence-corrected chi connectivity index (χ3v) is 2.43. The highest BCUT2D eigenvalue weighted by Crippen LogP contribution is 2.01. The van der Waals surface area contributed by atoms with Gasteiger partial charge in [0.2, 0.25) is 5.91 Å². The minimum atomic E-state index is -0.383. The molecule has 78 valence electrons. The van der Waals surface area contributed by atoms with Crippen LogP contribution in [0.1, 0.15) is 26.2 Å². The van der Waals surface area contributed by atoms with Crippen molar-refractivity contribution in [2.24, 2.45) is 5.73 Å². The number of hydrogen-bond donors (Lipinski definition) is 2. The first-order valence-corrected chi connectivity index (χ1v) is 6.10. The quantitative estimate of drug-likeness (QED) is 0.608. The Morgan fingerprint density at radius 3 is 2.69 bits per heavy atom. The van der Waals surface area contributed by atoms with Crippen LogP contribution in [-0.4, -0.2) is 30.5 Å². The molecule has 1 atom stereocenters. The number of rotatable bonds is 7. The van der Waals surface area contributed by atoms with Crippen LogP contribution in [0.4, 0.5) is 0 Å². The molecular weight excluding hydrogens is 184 g/mol.